The van der Waals surface area contributed by atoms with E-state index in [9.17, 15) is 39.6 Å². The van der Waals surface area contributed by atoms with Crippen LogP contribution in [0.5, 0.6) is 5.75 Å². The number of amides is 2. The van der Waals surface area contributed by atoms with Crippen LogP contribution in [0.2, 0.25) is 0 Å². The number of rotatable bonds is 6. The van der Waals surface area contributed by atoms with Gasteiger partial charge < -0.3 is 41.1 Å². The Morgan fingerprint density at radius 3 is 2.29 bits per heavy atom. The number of carbonyl (C=O) groups is 4. The molecule has 42 heavy (non-hydrogen) atoms. The maximum absolute atomic E-state index is 14.4. The number of phenols is 1. The van der Waals surface area contributed by atoms with Crippen LogP contribution in [-0.2, 0) is 32.1 Å². The van der Waals surface area contributed by atoms with Crippen molar-refractivity contribution in [3.63, 3.8) is 0 Å². The molecule has 7 N–H and O–H groups in total. The summed E-state index contributed by atoms with van der Waals surface area (Å²) in [4.78, 5) is 55.3. The molecule has 0 aromatic heterocycles. The number of primary amides is 1. The fourth-order valence-corrected chi connectivity index (χ4v) is 7.31. The minimum absolute atomic E-state index is 0.0653. The van der Waals surface area contributed by atoms with E-state index < -0.39 is 68.9 Å². The zero-order chi connectivity index (χ0) is 31.7. The van der Waals surface area contributed by atoms with E-state index >= 15 is 0 Å². The largest absolute Gasteiger partial charge is 0.508 e. The van der Waals surface area contributed by atoms with Gasteiger partial charge in [-0.1, -0.05) is 13.8 Å². The van der Waals surface area contributed by atoms with E-state index in [1.165, 1.54) is 11.8 Å². The van der Waals surface area contributed by atoms with Crippen LogP contribution in [0.1, 0.15) is 43.9 Å². The monoisotopic (exact) mass is 586 g/mol. The van der Waals surface area contributed by atoms with Crippen LogP contribution in [0, 0.1) is 10.8 Å². The van der Waals surface area contributed by atoms with Crippen molar-refractivity contribution < 1.29 is 44.3 Å². The van der Waals surface area contributed by atoms with Crippen molar-refractivity contribution in [1.82, 2.24) is 10.2 Å². The lowest BCUT2D eigenvalue weighted by Crippen LogP contribution is -2.72. The van der Waals surface area contributed by atoms with Gasteiger partial charge in [0.1, 0.15) is 22.8 Å². The zero-order valence-corrected chi connectivity index (χ0v) is 24.8. The van der Waals surface area contributed by atoms with E-state index in [2.05, 4.69) is 5.32 Å². The summed E-state index contributed by atoms with van der Waals surface area (Å²) in [5.41, 5.74) is -0.120. The minimum Gasteiger partial charge on any atom is -0.508 e. The van der Waals surface area contributed by atoms with Gasteiger partial charge in [0, 0.05) is 48.3 Å². The predicted molar refractivity (Wildman–Crippen MR) is 152 cm³/mol. The van der Waals surface area contributed by atoms with Gasteiger partial charge in [-0.3, -0.25) is 19.3 Å². The number of hydrogen-bond acceptors (Lipinski definition) is 11. The summed E-state index contributed by atoms with van der Waals surface area (Å²) in [6, 6.07) is 0.426. The number of phenolic OH excluding ortho intramolecular Hbond substituents is 1. The number of benzene rings is 1. The van der Waals surface area contributed by atoms with Gasteiger partial charge in [-0.05, 0) is 45.5 Å². The second-order valence-electron chi connectivity index (χ2n) is 12.1. The number of Topliss-reactive ketones (excluding diaryl/α,β-unsaturated/α-hetero) is 2. The first-order valence-electron chi connectivity index (χ1n) is 13.5. The SMILES string of the molecule is CCOC(=O)NCc1cc(N(C)C)c2c(c1O)C(O)=C1C(=O)[C@]3(O)C(O)=C(C(N)=O)C(=O)[C@@H](N(C)C)[C@]3(C)C[C@]1(C)C2. The van der Waals surface area contributed by atoms with Crippen LogP contribution in [0.15, 0.2) is 23.0 Å². The molecule has 3 aliphatic rings. The Labute approximate surface area is 243 Å². The molecule has 0 aliphatic heterocycles. The highest BCUT2D eigenvalue weighted by atomic mass is 16.5. The smallest absolute Gasteiger partial charge is 0.407 e. The van der Waals surface area contributed by atoms with Gasteiger partial charge in [0.2, 0.25) is 5.78 Å². The number of carbonyl (C=O) groups excluding carboxylic acids is 4. The molecule has 1 fully saturated rings. The van der Waals surface area contributed by atoms with Crippen molar-refractivity contribution >= 4 is 35.0 Å². The Bertz CT molecular complexity index is 1480. The van der Waals surface area contributed by atoms with E-state index in [4.69, 9.17) is 10.5 Å². The maximum Gasteiger partial charge on any atom is 0.407 e. The van der Waals surface area contributed by atoms with Gasteiger partial charge in [-0.2, -0.15) is 0 Å². The van der Waals surface area contributed by atoms with Crippen molar-refractivity contribution in [2.24, 2.45) is 16.6 Å². The number of fused-ring (bicyclic) bond motifs is 3. The van der Waals surface area contributed by atoms with E-state index in [0.717, 1.165) is 0 Å². The molecule has 1 aromatic rings. The molecule has 13 heteroatoms. The first-order chi connectivity index (χ1) is 19.4. The van der Waals surface area contributed by atoms with Crippen LogP contribution in [0.4, 0.5) is 10.5 Å². The van der Waals surface area contributed by atoms with Gasteiger partial charge in [-0.15, -0.1) is 0 Å². The summed E-state index contributed by atoms with van der Waals surface area (Å²) < 4.78 is 4.89. The van der Waals surface area contributed by atoms with Gasteiger partial charge in [-0.25, -0.2) is 4.79 Å². The number of anilines is 1. The molecule has 13 nitrogen and oxygen atoms in total. The summed E-state index contributed by atoms with van der Waals surface area (Å²) in [7, 11) is 6.62. The van der Waals surface area contributed by atoms with Gasteiger partial charge >= 0.3 is 6.09 Å². The maximum atomic E-state index is 14.4. The highest BCUT2D eigenvalue weighted by Gasteiger charge is 2.72. The van der Waals surface area contributed by atoms with Gasteiger partial charge in [0.15, 0.2) is 11.4 Å². The Balaban J connectivity index is 2.01. The number of ether oxygens (including phenoxy) is 1. The first-order valence-corrected chi connectivity index (χ1v) is 13.5. The third kappa shape index (κ3) is 4.05. The van der Waals surface area contributed by atoms with Crippen molar-refractivity contribution in [3.8, 4) is 5.75 Å². The van der Waals surface area contributed by atoms with Crippen molar-refractivity contribution in [1.29, 1.82) is 0 Å². The second kappa shape index (κ2) is 10.0. The Morgan fingerprint density at radius 1 is 1.14 bits per heavy atom. The van der Waals surface area contributed by atoms with Crippen LogP contribution in [0.3, 0.4) is 0 Å². The highest BCUT2D eigenvalue weighted by molar-refractivity contribution is 6.25. The molecule has 0 unspecified atom stereocenters. The minimum atomic E-state index is -2.80. The number of nitrogens with zero attached hydrogens (tertiary/aromatic N) is 2. The van der Waals surface area contributed by atoms with Crippen LogP contribution >= 0.6 is 0 Å². The average molecular weight is 587 g/mol. The lowest BCUT2D eigenvalue weighted by atomic mass is 9.46. The number of nitrogens with one attached hydrogen (secondary N) is 1. The van der Waals surface area contributed by atoms with Crippen LogP contribution in [0.25, 0.3) is 5.76 Å². The molecule has 228 valence electrons. The number of aromatic hydroxyl groups is 1. The quantitative estimate of drug-likeness (QED) is 0.260. The van der Waals surface area contributed by atoms with Crippen molar-refractivity contribution in [3.05, 3.63) is 39.7 Å². The molecule has 4 atom stereocenters. The highest BCUT2D eigenvalue weighted by Crippen LogP contribution is 2.63. The second-order valence-corrected chi connectivity index (χ2v) is 12.1. The number of likely N-dealkylation sites (N-methyl/N-ethyl adjacent to an activating group) is 1. The fourth-order valence-electron chi connectivity index (χ4n) is 7.31. The summed E-state index contributed by atoms with van der Waals surface area (Å²) >= 11 is 0. The third-order valence-corrected chi connectivity index (χ3v) is 8.87. The average Bonchev–Trinajstić information content (AvgIpc) is 2.85. The topological polar surface area (TPSA) is 203 Å². The number of ketones is 2. The van der Waals surface area contributed by atoms with Crippen molar-refractivity contribution in [2.75, 3.05) is 39.7 Å². The molecule has 0 radical (unpaired) electrons. The predicted octanol–water partition coefficient (Wildman–Crippen LogP) is 1.06. The molecule has 1 aromatic carbocycles. The normalized spacial score (nSPS) is 28.7. The Morgan fingerprint density at radius 2 is 1.76 bits per heavy atom. The molecule has 2 amide bonds. The van der Waals surface area contributed by atoms with E-state index in [-0.39, 0.29) is 42.7 Å². The zero-order valence-electron chi connectivity index (χ0n) is 24.8. The molecule has 3 aliphatic carbocycles. The summed E-state index contributed by atoms with van der Waals surface area (Å²) in [6.07, 6.45) is -0.686. The molecule has 0 saturated heterocycles. The number of nitrogens with two attached hydrogens (primary N) is 1. The summed E-state index contributed by atoms with van der Waals surface area (Å²) in [5, 5.41) is 48.9. The molecule has 0 heterocycles. The number of aliphatic hydroxyl groups is 3. The lowest BCUT2D eigenvalue weighted by Gasteiger charge is -2.59. The van der Waals surface area contributed by atoms with Crippen LogP contribution < -0.4 is 16.0 Å². The number of alkyl carbamates (subject to hydrolysis) is 1. The molecular weight excluding hydrogens is 548 g/mol. The molecule has 4 rings (SSSR count). The van der Waals surface area contributed by atoms with Gasteiger partial charge in [0.05, 0.1) is 18.2 Å². The van der Waals surface area contributed by atoms with E-state index in [1.807, 2.05) is 0 Å². The molecule has 0 spiro atoms. The van der Waals surface area contributed by atoms with Gasteiger partial charge in [0.25, 0.3) is 5.91 Å². The summed E-state index contributed by atoms with van der Waals surface area (Å²) in [5.74, 6) is -5.42. The molecular formula is C29H38N4O9. The standard InChI is InChI=1S/C29H38N4O9/c1-8-42-26(40)31-11-13-9-15(32(4)5)14-10-27(2)12-28(3)22(33(6)7)21(36)17(25(30)39)23(37)29(28,41)24(38)18(27)20(35)16(14)19(13)34/h9,22,34-35,37,41H,8,10-12H2,1-7H3,(H2,30,39)(H,31,40)/t22-,27+,28+,29-/m1/s1. The number of hydrogen-bond donors (Lipinski definition) is 6. The van der Waals surface area contributed by atoms with E-state index in [1.54, 1.807) is 53.0 Å². The molecule has 0 bridgehead atoms. The van der Waals surface area contributed by atoms with Crippen molar-refractivity contribution in [2.45, 2.75) is 51.8 Å². The first kappa shape index (κ1) is 30.8. The summed E-state index contributed by atoms with van der Waals surface area (Å²) in [6.45, 7) is 4.82. The fraction of sp³-hybridized carbons (Fsp3) is 0.517. The van der Waals surface area contributed by atoms with E-state index in [0.29, 0.717) is 11.3 Å². The van der Waals surface area contributed by atoms with Crippen LogP contribution in [-0.4, -0.2) is 95.3 Å². The Kier molecular flexibility index (Phi) is 7.36. The number of aliphatic hydroxyl groups excluding tert-OH is 2. The Hall–Kier alpha value is -4.10. The third-order valence-electron chi connectivity index (χ3n) is 8.87. The molecule has 1 saturated carbocycles. The lowest BCUT2D eigenvalue weighted by molar-refractivity contribution is -0.175.